The highest BCUT2D eigenvalue weighted by Gasteiger charge is 2.21. The molecule has 27 heavy (non-hydrogen) atoms. The molecule has 0 aliphatic carbocycles. The molecule has 1 aromatic heterocycles. The third-order valence-electron chi connectivity index (χ3n) is 4.37. The Bertz CT molecular complexity index is 865. The van der Waals surface area contributed by atoms with Crippen molar-refractivity contribution in [2.75, 3.05) is 26.7 Å². The zero-order chi connectivity index (χ0) is 19.2. The molecule has 3 rings (SSSR count). The van der Waals surface area contributed by atoms with E-state index in [-0.39, 0.29) is 11.9 Å². The minimum Gasteiger partial charge on any atom is -0.492 e. The van der Waals surface area contributed by atoms with E-state index in [0.29, 0.717) is 24.7 Å². The van der Waals surface area contributed by atoms with Crippen molar-refractivity contribution in [1.29, 1.82) is 0 Å². The Morgan fingerprint density at radius 1 is 1.26 bits per heavy atom. The summed E-state index contributed by atoms with van der Waals surface area (Å²) in [5, 5.41) is 4.62. The molecule has 0 aliphatic rings. The average molecular weight is 405 g/mol. The van der Waals surface area contributed by atoms with Gasteiger partial charge >= 0.3 is 0 Å². The second-order valence-electron chi connectivity index (χ2n) is 6.42. The SMILES string of the molecule is C[C@H](c1nc2ccccc2s1)[NH+](C)CC(=O)NCCOc1ccc(Cl)cc1. The van der Waals surface area contributed by atoms with Crippen LogP contribution in [0, 0.1) is 0 Å². The lowest BCUT2D eigenvalue weighted by Crippen LogP contribution is -3.10. The van der Waals surface area contributed by atoms with E-state index in [1.807, 2.05) is 37.4 Å². The fourth-order valence-corrected chi connectivity index (χ4v) is 3.88. The molecule has 2 N–H and O–H groups in total. The van der Waals surface area contributed by atoms with E-state index >= 15 is 0 Å². The van der Waals surface area contributed by atoms with Gasteiger partial charge in [-0.3, -0.25) is 4.79 Å². The number of hydrogen-bond acceptors (Lipinski definition) is 4. The number of likely N-dealkylation sites (N-methyl/N-ethyl adjacent to an activating group) is 1. The summed E-state index contributed by atoms with van der Waals surface area (Å²) in [5.74, 6) is 0.737. The van der Waals surface area contributed by atoms with Gasteiger partial charge in [-0.25, -0.2) is 4.98 Å². The van der Waals surface area contributed by atoms with Crippen LogP contribution in [0.4, 0.5) is 0 Å². The number of nitrogens with zero attached hydrogens (tertiary/aromatic N) is 1. The van der Waals surface area contributed by atoms with Crippen molar-refractivity contribution in [3.05, 3.63) is 58.6 Å². The van der Waals surface area contributed by atoms with Crippen LogP contribution in [0.15, 0.2) is 48.5 Å². The zero-order valence-electron chi connectivity index (χ0n) is 15.4. The first-order chi connectivity index (χ1) is 13.0. The number of ether oxygens (including phenoxy) is 1. The van der Waals surface area contributed by atoms with Crippen LogP contribution in [0.3, 0.4) is 0 Å². The molecule has 1 unspecified atom stereocenters. The van der Waals surface area contributed by atoms with Gasteiger partial charge in [0.1, 0.15) is 18.4 Å². The van der Waals surface area contributed by atoms with Gasteiger partial charge in [-0.1, -0.05) is 23.7 Å². The molecule has 7 heteroatoms. The Hall–Kier alpha value is -2.15. The lowest BCUT2D eigenvalue weighted by atomic mass is 10.3. The number of carbonyl (C=O) groups is 1. The molecule has 1 amide bonds. The second kappa shape index (κ2) is 9.17. The predicted molar refractivity (Wildman–Crippen MR) is 110 cm³/mol. The third-order valence-corrected chi connectivity index (χ3v) is 5.84. The molecule has 0 radical (unpaired) electrons. The van der Waals surface area contributed by atoms with E-state index in [1.165, 1.54) is 4.70 Å². The monoisotopic (exact) mass is 404 g/mol. The van der Waals surface area contributed by atoms with Gasteiger partial charge in [0.05, 0.1) is 23.8 Å². The van der Waals surface area contributed by atoms with E-state index in [2.05, 4.69) is 18.3 Å². The zero-order valence-corrected chi connectivity index (χ0v) is 16.9. The molecule has 0 saturated heterocycles. The minimum absolute atomic E-state index is 0.000155. The van der Waals surface area contributed by atoms with Gasteiger partial charge in [0.15, 0.2) is 11.6 Å². The molecule has 2 atom stereocenters. The smallest absolute Gasteiger partial charge is 0.275 e. The third kappa shape index (κ3) is 5.42. The van der Waals surface area contributed by atoms with Crippen LogP contribution >= 0.6 is 22.9 Å². The summed E-state index contributed by atoms with van der Waals surface area (Å²) in [6.45, 7) is 3.37. The minimum atomic E-state index is 0.000155. The summed E-state index contributed by atoms with van der Waals surface area (Å²) in [6, 6.07) is 15.4. The molecule has 5 nitrogen and oxygen atoms in total. The quantitative estimate of drug-likeness (QED) is 0.567. The summed E-state index contributed by atoms with van der Waals surface area (Å²) in [4.78, 5) is 18.0. The molecule has 142 valence electrons. The first-order valence-corrected chi connectivity index (χ1v) is 10.0. The van der Waals surface area contributed by atoms with Crippen molar-refractivity contribution >= 4 is 39.1 Å². The number of quaternary nitrogens is 1. The lowest BCUT2D eigenvalue weighted by molar-refractivity contribution is -0.902. The summed E-state index contributed by atoms with van der Waals surface area (Å²) in [7, 11) is 2.01. The second-order valence-corrected chi connectivity index (χ2v) is 7.92. The lowest BCUT2D eigenvalue weighted by Gasteiger charge is -2.19. The topological polar surface area (TPSA) is 55.7 Å². The number of nitrogens with one attached hydrogen (secondary N) is 2. The summed E-state index contributed by atoms with van der Waals surface area (Å²) in [5.41, 5.74) is 1.01. The Balaban J connectivity index is 1.43. The molecule has 0 spiro atoms. The Kier molecular flexibility index (Phi) is 6.66. The molecule has 0 saturated carbocycles. The number of para-hydroxylation sites is 1. The van der Waals surface area contributed by atoms with E-state index < -0.39 is 0 Å². The van der Waals surface area contributed by atoms with Crippen LogP contribution in [0.2, 0.25) is 5.02 Å². The Morgan fingerprint density at radius 2 is 2.00 bits per heavy atom. The number of hydrogen-bond donors (Lipinski definition) is 2. The van der Waals surface area contributed by atoms with E-state index in [4.69, 9.17) is 21.3 Å². The largest absolute Gasteiger partial charge is 0.492 e. The van der Waals surface area contributed by atoms with Gasteiger partial charge in [0, 0.05) is 5.02 Å². The van der Waals surface area contributed by atoms with Crippen molar-refractivity contribution in [2.24, 2.45) is 0 Å². The van der Waals surface area contributed by atoms with E-state index in [9.17, 15) is 4.79 Å². The van der Waals surface area contributed by atoms with Crippen LogP contribution in [0.25, 0.3) is 10.2 Å². The summed E-state index contributed by atoms with van der Waals surface area (Å²) in [6.07, 6.45) is 0. The number of carbonyl (C=O) groups excluding carboxylic acids is 1. The van der Waals surface area contributed by atoms with E-state index in [1.54, 1.807) is 23.5 Å². The number of aromatic nitrogens is 1. The van der Waals surface area contributed by atoms with Crippen LogP contribution in [0.5, 0.6) is 5.75 Å². The van der Waals surface area contributed by atoms with Crippen molar-refractivity contribution in [2.45, 2.75) is 13.0 Å². The van der Waals surface area contributed by atoms with Gasteiger partial charge in [0.25, 0.3) is 5.91 Å². The molecule has 1 heterocycles. The first-order valence-electron chi connectivity index (χ1n) is 8.86. The molecular formula is C20H23ClN3O2S+. The number of benzene rings is 2. The number of halogens is 1. The van der Waals surface area contributed by atoms with Crippen LogP contribution < -0.4 is 15.0 Å². The first kappa shape index (κ1) is 19.6. The number of thiazole rings is 1. The predicted octanol–water partition coefficient (Wildman–Crippen LogP) is 2.72. The van der Waals surface area contributed by atoms with Crippen molar-refractivity contribution < 1.29 is 14.4 Å². The normalized spacial score (nSPS) is 13.3. The van der Waals surface area contributed by atoms with Crippen molar-refractivity contribution in [3.8, 4) is 5.75 Å². The summed E-state index contributed by atoms with van der Waals surface area (Å²) >= 11 is 7.52. The van der Waals surface area contributed by atoms with Crippen LogP contribution in [0.1, 0.15) is 18.0 Å². The molecule has 0 aliphatic heterocycles. The number of rotatable bonds is 8. The highest BCUT2D eigenvalue weighted by atomic mass is 35.5. The van der Waals surface area contributed by atoms with Gasteiger partial charge in [-0.2, -0.15) is 0 Å². The average Bonchev–Trinajstić information content (AvgIpc) is 3.10. The molecule has 0 bridgehead atoms. The van der Waals surface area contributed by atoms with Gasteiger partial charge in [0.2, 0.25) is 0 Å². The van der Waals surface area contributed by atoms with E-state index in [0.717, 1.165) is 21.2 Å². The summed E-state index contributed by atoms with van der Waals surface area (Å²) < 4.78 is 6.76. The highest BCUT2D eigenvalue weighted by molar-refractivity contribution is 7.18. The fraction of sp³-hybridized carbons (Fsp3) is 0.300. The van der Waals surface area contributed by atoms with Crippen LogP contribution in [-0.2, 0) is 4.79 Å². The maximum atomic E-state index is 12.2. The van der Waals surface area contributed by atoms with Gasteiger partial charge in [-0.15, -0.1) is 11.3 Å². The highest BCUT2D eigenvalue weighted by Crippen LogP contribution is 2.24. The molecule has 2 aromatic carbocycles. The van der Waals surface area contributed by atoms with Gasteiger partial charge in [-0.05, 0) is 43.3 Å². The Morgan fingerprint density at radius 3 is 2.74 bits per heavy atom. The fourth-order valence-electron chi connectivity index (χ4n) is 2.65. The Labute approximate surface area is 167 Å². The maximum Gasteiger partial charge on any atom is 0.275 e. The number of amides is 1. The van der Waals surface area contributed by atoms with Crippen molar-refractivity contribution in [1.82, 2.24) is 10.3 Å². The van der Waals surface area contributed by atoms with Crippen LogP contribution in [-0.4, -0.2) is 37.6 Å². The molecular weight excluding hydrogens is 382 g/mol. The maximum absolute atomic E-state index is 12.2. The standard InChI is InChI=1S/C20H22ClN3O2S/c1-14(20-23-17-5-3-4-6-18(17)27-20)24(2)13-19(25)22-11-12-26-16-9-7-15(21)8-10-16/h3-10,14H,11-13H2,1-2H3,(H,22,25)/p+1/t14-/m1/s1. The molecule has 0 fully saturated rings. The number of fused-ring (bicyclic) bond motifs is 1. The molecule has 3 aromatic rings. The van der Waals surface area contributed by atoms with Crippen molar-refractivity contribution in [3.63, 3.8) is 0 Å². The van der Waals surface area contributed by atoms with Gasteiger partial charge < -0.3 is 15.0 Å².